The highest BCUT2D eigenvalue weighted by molar-refractivity contribution is 7.92. The zero-order valence-electron chi connectivity index (χ0n) is 16.6. The minimum Gasteiger partial charge on any atom is -0.352 e. The van der Waals surface area contributed by atoms with Crippen molar-refractivity contribution in [3.63, 3.8) is 0 Å². The van der Waals surface area contributed by atoms with E-state index in [1.807, 2.05) is 25.9 Å². The van der Waals surface area contributed by atoms with Gasteiger partial charge in [0.25, 0.3) is 15.9 Å². The van der Waals surface area contributed by atoms with Gasteiger partial charge in [0.1, 0.15) is 0 Å². The van der Waals surface area contributed by atoms with Gasteiger partial charge in [-0.25, -0.2) is 8.42 Å². The Morgan fingerprint density at radius 2 is 1.71 bits per heavy atom. The second-order valence-electron chi connectivity index (χ2n) is 6.86. The standard InChI is InChI=1S/C20H26ClN3O3S/c1-15-6-9-17(10-7-15)28(26,27)24(4)16-8-11-18(19(21)14-16)20(25)22-12-5-13-23(2)3/h6-11,14H,5,12-13H2,1-4H3,(H,22,25). The van der Waals surface area contributed by atoms with Crippen molar-refractivity contribution in [1.29, 1.82) is 0 Å². The summed E-state index contributed by atoms with van der Waals surface area (Å²) in [5, 5.41) is 3.03. The van der Waals surface area contributed by atoms with Crippen molar-refractivity contribution in [2.75, 3.05) is 38.5 Å². The van der Waals surface area contributed by atoms with Crippen LogP contribution in [0.2, 0.25) is 5.02 Å². The number of carbonyl (C=O) groups is 1. The Balaban J connectivity index is 2.14. The largest absolute Gasteiger partial charge is 0.352 e. The topological polar surface area (TPSA) is 69.7 Å². The average Bonchev–Trinajstić information content (AvgIpc) is 2.64. The fraction of sp³-hybridized carbons (Fsp3) is 0.350. The van der Waals surface area contributed by atoms with E-state index in [1.165, 1.54) is 13.1 Å². The van der Waals surface area contributed by atoms with Gasteiger partial charge in [-0.15, -0.1) is 0 Å². The monoisotopic (exact) mass is 423 g/mol. The summed E-state index contributed by atoms with van der Waals surface area (Å²) >= 11 is 6.26. The number of amides is 1. The van der Waals surface area contributed by atoms with Crippen LogP contribution in [0, 0.1) is 6.92 Å². The summed E-state index contributed by atoms with van der Waals surface area (Å²) in [7, 11) is 1.69. The van der Waals surface area contributed by atoms with E-state index in [9.17, 15) is 13.2 Å². The van der Waals surface area contributed by atoms with Gasteiger partial charge in [-0.3, -0.25) is 9.10 Å². The molecule has 0 atom stereocenters. The van der Waals surface area contributed by atoms with Crippen LogP contribution in [0.5, 0.6) is 0 Å². The zero-order chi connectivity index (χ0) is 20.9. The molecule has 8 heteroatoms. The van der Waals surface area contributed by atoms with Gasteiger partial charge in [-0.1, -0.05) is 29.3 Å². The molecular weight excluding hydrogens is 398 g/mol. The third-order valence-electron chi connectivity index (χ3n) is 4.31. The summed E-state index contributed by atoms with van der Waals surface area (Å²) in [4.78, 5) is 14.5. The molecule has 28 heavy (non-hydrogen) atoms. The van der Waals surface area contributed by atoms with Gasteiger partial charge >= 0.3 is 0 Å². The summed E-state index contributed by atoms with van der Waals surface area (Å²) in [6.45, 7) is 3.30. The number of rotatable bonds is 8. The number of halogens is 1. The molecule has 1 amide bonds. The number of hydrogen-bond donors (Lipinski definition) is 1. The Hall–Kier alpha value is -2.09. The van der Waals surface area contributed by atoms with E-state index in [1.54, 1.807) is 36.4 Å². The van der Waals surface area contributed by atoms with Crippen LogP contribution in [0.1, 0.15) is 22.3 Å². The quantitative estimate of drug-likeness (QED) is 0.662. The molecule has 0 saturated heterocycles. The third-order valence-corrected chi connectivity index (χ3v) is 6.42. The predicted octanol–water partition coefficient (Wildman–Crippen LogP) is 3.16. The Labute approximate surface area is 172 Å². The Morgan fingerprint density at radius 3 is 2.29 bits per heavy atom. The molecule has 0 aliphatic heterocycles. The lowest BCUT2D eigenvalue weighted by molar-refractivity contribution is 0.0952. The molecule has 0 unspecified atom stereocenters. The normalized spacial score (nSPS) is 11.5. The van der Waals surface area contributed by atoms with Crippen molar-refractivity contribution in [3.05, 3.63) is 58.6 Å². The molecule has 0 aliphatic carbocycles. The SMILES string of the molecule is Cc1ccc(S(=O)(=O)N(C)c2ccc(C(=O)NCCCN(C)C)c(Cl)c2)cc1. The average molecular weight is 424 g/mol. The van der Waals surface area contributed by atoms with Crippen molar-refractivity contribution >= 4 is 33.2 Å². The van der Waals surface area contributed by atoms with Crippen LogP contribution in [-0.2, 0) is 10.0 Å². The maximum Gasteiger partial charge on any atom is 0.264 e. The van der Waals surface area contributed by atoms with E-state index in [2.05, 4.69) is 5.32 Å². The summed E-state index contributed by atoms with van der Waals surface area (Å²) in [6.07, 6.45) is 0.825. The Kier molecular flexibility index (Phi) is 7.46. The van der Waals surface area contributed by atoms with Crippen LogP contribution in [0.15, 0.2) is 47.4 Å². The number of hydrogen-bond acceptors (Lipinski definition) is 4. The van der Waals surface area contributed by atoms with Crippen molar-refractivity contribution in [1.82, 2.24) is 10.2 Å². The van der Waals surface area contributed by atoms with Gasteiger partial charge in [0, 0.05) is 13.6 Å². The van der Waals surface area contributed by atoms with E-state index < -0.39 is 10.0 Å². The van der Waals surface area contributed by atoms with Crippen molar-refractivity contribution in [2.45, 2.75) is 18.2 Å². The van der Waals surface area contributed by atoms with Crippen LogP contribution in [0.3, 0.4) is 0 Å². The summed E-state index contributed by atoms with van der Waals surface area (Å²) in [6, 6.07) is 11.2. The molecule has 1 N–H and O–H groups in total. The minimum absolute atomic E-state index is 0.194. The second-order valence-corrected chi connectivity index (χ2v) is 9.24. The molecule has 0 aliphatic rings. The molecule has 2 rings (SSSR count). The van der Waals surface area contributed by atoms with Crippen molar-refractivity contribution in [3.8, 4) is 0 Å². The number of anilines is 1. The molecule has 0 saturated carbocycles. The molecule has 152 valence electrons. The first-order chi connectivity index (χ1) is 13.1. The number of sulfonamides is 1. The van der Waals surface area contributed by atoms with Crippen LogP contribution >= 0.6 is 11.6 Å². The lowest BCUT2D eigenvalue weighted by Crippen LogP contribution is -2.28. The van der Waals surface area contributed by atoms with Gasteiger partial charge in [-0.2, -0.15) is 0 Å². The number of nitrogens with zero attached hydrogens (tertiary/aromatic N) is 2. The van der Waals surface area contributed by atoms with E-state index in [-0.39, 0.29) is 15.8 Å². The molecule has 2 aromatic carbocycles. The molecular formula is C20H26ClN3O3S. The maximum absolute atomic E-state index is 12.8. The number of carbonyl (C=O) groups excluding carboxylic acids is 1. The van der Waals surface area contributed by atoms with Crippen LogP contribution in [-0.4, -0.2) is 53.5 Å². The Bertz CT molecular complexity index is 928. The molecule has 2 aromatic rings. The van der Waals surface area contributed by atoms with Crippen molar-refractivity contribution < 1.29 is 13.2 Å². The first-order valence-corrected chi connectivity index (χ1v) is 10.7. The smallest absolute Gasteiger partial charge is 0.264 e. The van der Waals surface area contributed by atoms with Gasteiger partial charge in [0.15, 0.2) is 0 Å². The highest BCUT2D eigenvalue weighted by atomic mass is 35.5. The van der Waals surface area contributed by atoms with Crippen molar-refractivity contribution in [2.24, 2.45) is 0 Å². The highest BCUT2D eigenvalue weighted by Crippen LogP contribution is 2.27. The molecule has 6 nitrogen and oxygen atoms in total. The molecule has 0 spiro atoms. The zero-order valence-corrected chi connectivity index (χ0v) is 18.1. The van der Waals surface area contributed by atoms with E-state index in [0.29, 0.717) is 17.8 Å². The highest BCUT2D eigenvalue weighted by Gasteiger charge is 2.22. The fourth-order valence-corrected chi connectivity index (χ4v) is 4.03. The lowest BCUT2D eigenvalue weighted by Gasteiger charge is -2.20. The summed E-state index contributed by atoms with van der Waals surface area (Å²) in [5.74, 6) is -0.278. The molecule has 0 bridgehead atoms. The molecule has 0 fully saturated rings. The van der Waals surface area contributed by atoms with Gasteiger partial charge in [-0.05, 0) is 64.3 Å². The first kappa shape index (κ1) is 22.2. The maximum atomic E-state index is 12.8. The number of nitrogens with one attached hydrogen (secondary N) is 1. The van der Waals surface area contributed by atoms with E-state index >= 15 is 0 Å². The third kappa shape index (κ3) is 5.47. The van der Waals surface area contributed by atoms with Gasteiger partial charge < -0.3 is 10.2 Å². The van der Waals surface area contributed by atoms with E-state index in [0.717, 1.165) is 22.8 Å². The Morgan fingerprint density at radius 1 is 1.07 bits per heavy atom. The van der Waals surface area contributed by atoms with Crippen LogP contribution < -0.4 is 9.62 Å². The predicted molar refractivity (Wildman–Crippen MR) is 114 cm³/mol. The van der Waals surface area contributed by atoms with Gasteiger partial charge in [0.2, 0.25) is 0 Å². The first-order valence-electron chi connectivity index (χ1n) is 8.91. The second kappa shape index (κ2) is 9.41. The molecule has 0 aromatic heterocycles. The van der Waals surface area contributed by atoms with E-state index in [4.69, 9.17) is 11.6 Å². The van der Waals surface area contributed by atoms with Crippen LogP contribution in [0.4, 0.5) is 5.69 Å². The van der Waals surface area contributed by atoms with Gasteiger partial charge in [0.05, 0.1) is 21.2 Å². The summed E-state index contributed by atoms with van der Waals surface area (Å²) < 4.78 is 26.8. The van der Waals surface area contributed by atoms with Crippen LogP contribution in [0.25, 0.3) is 0 Å². The molecule has 0 radical (unpaired) electrons. The fourth-order valence-electron chi connectivity index (χ4n) is 2.58. The lowest BCUT2D eigenvalue weighted by atomic mass is 10.2. The number of aryl methyl sites for hydroxylation is 1. The summed E-state index contributed by atoms with van der Waals surface area (Å²) in [5.41, 5.74) is 1.68. The minimum atomic E-state index is -3.71. The molecule has 0 heterocycles. The number of benzene rings is 2.